The fourth-order valence-corrected chi connectivity index (χ4v) is 6.23. The molecule has 262 valence electrons. The quantitative estimate of drug-likeness (QED) is 0.0815. The molecule has 1 unspecified atom stereocenters. The second-order valence-corrected chi connectivity index (χ2v) is 12.2. The fraction of sp³-hybridized carbons (Fsp3) is 0.351. The summed E-state index contributed by atoms with van der Waals surface area (Å²) in [5, 5.41) is 14.8. The minimum atomic E-state index is -1.32. The zero-order valence-corrected chi connectivity index (χ0v) is 27.6. The molecule has 0 saturated carbocycles. The molecule has 2 saturated heterocycles. The molecule has 13 heteroatoms. The Bertz CT molecular complexity index is 1770. The number of Topliss-reactive ketones (excluding diaryl/α,β-unsaturated/α-hetero) is 1. The van der Waals surface area contributed by atoms with Crippen LogP contribution in [0.4, 0.5) is 26.2 Å². The summed E-state index contributed by atoms with van der Waals surface area (Å²) in [6, 6.07) is 16.1. The molecule has 2 aliphatic rings. The van der Waals surface area contributed by atoms with Gasteiger partial charge in [0.05, 0.1) is 43.4 Å². The maximum absolute atomic E-state index is 14.0. The molecule has 2 fully saturated rings. The van der Waals surface area contributed by atoms with Gasteiger partial charge in [-0.25, -0.2) is 14.2 Å². The number of aromatic nitrogens is 2. The van der Waals surface area contributed by atoms with E-state index in [1.807, 2.05) is 6.07 Å². The van der Waals surface area contributed by atoms with Crippen molar-refractivity contribution in [1.29, 1.82) is 0 Å². The number of nitrogens with one attached hydrogen (secondary N) is 2. The lowest BCUT2D eigenvalue weighted by Crippen LogP contribution is -2.38. The molecule has 2 amide bonds. The summed E-state index contributed by atoms with van der Waals surface area (Å²) in [4.78, 5) is 44.4. The fourth-order valence-electron chi connectivity index (χ4n) is 6.23. The second-order valence-electron chi connectivity index (χ2n) is 12.2. The largest absolute Gasteiger partial charge is 0.465 e. The number of ether oxygens (including phenoxy) is 3. The molecule has 2 aliphatic heterocycles. The number of piperidine rings is 1. The SMILES string of the molecule is O=C(O)Nc1cc(N2CCC(OCCOC3CCCCO3)CC2)c(-c2ccc(F)cc2)cc1NC(=O)CC(=O)c1cccc(-n2ccnc2)c1. The highest BCUT2D eigenvalue weighted by molar-refractivity contribution is 6.12. The maximum Gasteiger partial charge on any atom is 0.409 e. The Kier molecular flexibility index (Phi) is 11.5. The number of amides is 2. The summed E-state index contributed by atoms with van der Waals surface area (Å²) in [6.45, 7) is 2.89. The van der Waals surface area contributed by atoms with Crippen molar-refractivity contribution in [3.8, 4) is 16.8 Å². The van der Waals surface area contributed by atoms with E-state index in [1.54, 1.807) is 65.8 Å². The summed E-state index contributed by atoms with van der Waals surface area (Å²) < 4.78 is 33.2. The van der Waals surface area contributed by atoms with Crippen LogP contribution in [0.1, 0.15) is 48.9 Å². The van der Waals surface area contributed by atoms with Gasteiger partial charge in [0.15, 0.2) is 12.1 Å². The van der Waals surface area contributed by atoms with Crippen molar-refractivity contribution in [2.75, 3.05) is 48.4 Å². The number of halogens is 1. The summed E-state index contributed by atoms with van der Waals surface area (Å²) in [5.41, 5.74) is 3.41. The topological polar surface area (TPSA) is 144 Å². The van der Waals surface area contributed by atoms with Crippen LogP contribution in [0.3, 0.4) is 0 Å². The van der Waals surface area contributed by atoms with Gasteiger partial charge in [-0.15, -0.1) is 0 Å². The zero-order valence-electron chi connectivity index (χ0n) is 27.6. The Morgan fingerprint density at radius 2 is 1.72 bits per heavy atom. The van der Waals surface area contributed by atoms with Gasteiger partial charge in [-0.2, -0.15) is 0 Å². The van der Waals surface area contributed by atoms with Gasteiger partial charge in [0, 0.05) is 54.6 Å². The van der Waals surface area contributed by atoms with E-state index >= 15 is 0 Å². The Hall–Kier alpha value is -5.11. The van der Waals surface area contributed by atoms with E-state index < -0.39 is 30.0 Å². The molecule has 3 heterocycles. The molecule has 3 aromatic carbocycles. The molecular formula is C37H40FN5O7. The molecular weight excluding hydrogens is 645 g/mol. The number of imidazole rings is 1. The number of benzene rings is 3. The molecule has 0 aliphatic carbocycles. The first-order valence-electron chi connectivity index (χ1n) is 16.8. The number of hydrogen-bond donors (Lipinski definition) is 3. The lowest BCUT2D eigenvalue weighted by molar-refractivity contribution is -0.171. The number of rotatable bonds is 13. The van der Waals surface area contributed by atoms with Crippen LogP contribution in [0.25, 0.3) is 16.8 Å². The first-order valence-corrected chi connectivity index (χ1v) is 16.8. The Balaban J connectivity index is 1.17. The van der Waals surface area contributed by atoms with Crippen molar-refractivity contribution >= 4 is 34.8 Å². The predicted molar refractivity (Wildman–Crippen MR) is 185 cm³/mol. The Labute approximate surface area is 289 Å². The van der Waals surface area contributed by atoms with Gasteiger partial charge in [0.2, 0.25) is 5.91 Å². The van der Waals surface area contributed by atoms with E-state index in [-0.39, 0.29) is 23.8 Å². The third-order valence-corrected chi connectivity index (χ3v) is 8.76. The Morgan fingerprint density at radius 3 is 2.44 bits per heavy atom. The van der Waals surface area contributed by atoms with Crippen LogP contribution in [0, 0.1) is 5.82 Å². The number of nitrogens with zero attached hydrogens (tertiary/aromatic N) is 3. The highest BCUT2D eigenvalue weighted by Gasteiger charge is 2.25. The summed E-state index contributed by atoms with van der Waals surface area (Å²) in [5.74, 6) is -1.43. The van der Waals surface area contributed by atoms with Crippen LogP contribution in [0.2, 0.25) is 0 Å². The van der Waals surface area contributed by atoms with Gasteiger partial charge in [0.1, 0.15) is 5.82 Å². The van der Waals surface area contributed by atoms with Gasteiger partial charge in [0.25, 0.3) is 0 Å². The zero-order chi connectivity index (χ0) is 34.9. The first kappa shape index (κ1) is 34.7. The number of ketones is 1. The van der Waals surface area contributed by atoms with E-state index in [1.165, 1.54) is 12.1 Å². The van der Waals surface area contributed by atoms with Crippen LogP contribution in [0.15, 0.2) is 79.4 Å². The number of carbonyl (C=O) groups is 3. The summed E-state index contributed by atoms with van der Waals surface area (Å²) in [6.07, 6.45) is 7.58. The maximum atomic E-state index is 14.0. The van der Waals surface area contributed by atoms with Crippen molar-refractivity contribution in [3.63, 3.8) is 0 Å². The second kappa shape index (κ2) is 16.5. The average Bonchev–Trinajstić information content (AvgIpc) is 3.67. The van der Waals surface area contributed by atoms with Crippen LogP contribution < -0.4 is 15.5 Å². The summed E-state index contributed by atoms with van der Waals surface area (Å²) >= 11 is 0. The minimum Gasteiger partial charge on any atom is -0.465 e. The first-order chi connectivity index (χ1) is 24.3. The molecule has 12 nitrogen and oxygen atoms in total. The van der Waals surface area contributed by atoms with E-state index in [2.05, 4.69) is 20.5 Å². The molecule has 0 bridgehead atoms. The van der Waals surface area contributed by atoms with Crippen LogP contribution in [-0.2, 0) is 19.0 Å². The van der Waals surface area contributed by atoms with Gasteiger partial charge in [-0.05, 0) is 74.1 Å². The molecule has 1 atom stereocenters. The van der Waals surface area contributed by atoms with Crippen molar-refractivity contribution in [2.24, 2.45) is 0 Å². The number of hydrogen-bond acceptors (Lipinski definition) is 8. The van der Waals surface area contributed by atoms with E-state index in [0.29, 0.717) is 48.7 Å². The van der Waals surface area contributed by atoms with Gasteiger partial charge < -0.3 is 34.1 Å². The highest BCUT2D eigenvalue weighted by Crippen LogP contribution is 2.40. The molecule has 3 N–H and O–H groups in total. The van der Waals surface area contributed by atoms with E-state index in [0.717, 1.165) is 44.4 Å². The Morgan fingerprint density at radius 1 is 0.940 bits per heavy atom. The summed E-state index contributed by atoms with van der Waals surface area (Å²) in [7, 11) is 0. The smallest absolute Gasteiger partial charge is 0.409 e. The molecule has 6 rings (SSSR count). The van der Waals surface area contributed by atoms with E-state index in [4.69, 9.17) is 14.2 Å². The average molecular weight is 686 g/mol. The van der Waals surface area contributed by atoms with Crippen molar-refractivity contribution in [3.05, 3.63) is 90.8 Å². The monoisotopic (exact) mass is 685 g/mol. The van der Waals surface area contributed by atoms with Crippen molar-refractivity contribution in [2.45, 2.75) is 50.9 Å². The lowest BCUT2D eigenvalue weighted by atomic mass is 9.98. The third-order valence-electron chi connectivity index (χ3n) is 8.76. The molecule has 50 heavy (non-hydrogen) atoms. The number of anilines is 3. The molecule has 4 aromatic rings. The van der Waals surface area contributed by atoms with Gasteiger partial charge in [-0.1, -0.05) is 24.3 Å². The van der Waals surface area contributed by atoms with Crippen molar-refractivity contribution < 1.29 is 38.1 Å². The van der Waals surface area contributed by atoms with Crippen LogP contribution in [0.5, 0.6) is 0 Å². The minimum absolute atomic E-state index is 0.0322. The molecule has 0 spiro atoms. The van der Waals surface area contributed by atoms with Crippen molar-refractivity contribution in [1.82, 2.24) is 9.55 Å². The number of carboxylic acid groups (broad SMARTS) is 1. The standard InChI is InChI=1S/C37H40FN5O7/c38-27-9-7-25(8-10-27)30-21-31(40-35(45)23-34(44)26-4-3-5-28(20-26)43-16-13-39-24-43)32(41-37(46)47)22-33(30)42-14-11-29(12-15-42)48-18-19-50-36-6-1-2-17-49-36/h3-5,7-10,13,16,20-22,24,29,36,41H,1-2,6,11-12,14-15,17-19,23H2,(H,40,45)(H,46,47). The van der Waals surface area contributed by atoms with Crippen LogP contribution >= 0.6 is 0 Å². The molecule has 0 radical (unpaired) electrons. The third kappa shape index (κ3) is 9.11. The van der Waals surface area contributed by atoms with E-state index in [9.17, 15) is 23.9 Å². The molecule has 1 aromatic heterocycles. The lowest BCUT2D eigenvalue weighted by Gasteiger charge is -2.35. The normalized spacial score (nSPS) is 16.6. The van der Waals surface area contributed by atoms with Gasteiger partial charge >= 0.3 is 6.09 Å². The highest BCUT2D eigenvalue weighted by atomic mass is 19.1. The van der Waals surface area contributed by atoms with Crippen LogP contribution in [-0.4, -0.2) is 77.7 Å². The predicted octanol–water partition coefficient (Wildman–Crippen LogP) is 6.51. The number of carbonyl (C=O) groups excluding carboxylic acids is 2. The van der Waals surface area contributed by atoms with Gasteiger partial charge in [-0.3, -0.25) is 14.9 Å².